The largest absolute Gasteiger partial charge is 0.507 e. The van der Waals surface area contributed by atoms with Gasteiger partial charge in [0.25, 0.3) is 0 Å². The zero-order chi connectivity index (χ0) is 25.0. The second kappa shape index (κ2) is 10.0. The number of benzene rings is 2. The van der Waals surface area contributed by atoms with Crippen LogP contribution in [0, 0.1) is 0 Å². The molecule has 7 N–H and O–H groups in total. The molecule has 0 bridgehead atoms. The lowest BCUT2D eigenvalue weighted by atomic mass is 10.1. The Morgan fingerprint density at radius 3 is 2.38 bits per heavy atom. The normalized spacial score (nSPS) is 11.9. The standard InChI is InChI=1S/C22H21NO11/c24-13-3-1-10(7-14(13)25)21-20(30)19(29)18-15(26)8-11(9-16(18)34-21)33-6-5-23-12(22(31)32)2-4-17(27)28/h1,3,7-9,12,23-26,30H,2,4-6H2,(H,27,28)(H,31,32)/t12-/m0/s1. The van der Waals surface area contributed by atoms with Gasteiger partial charge in [-0.15, -0.1) is 0 Å². The number of hydrogen-bond donors (Lipinski definition) is 7. The molecule has 180 valence electrons. The van der Waals surface area contributed by atoms with Crippen molar-refractivity contribution in [2.24, 2.45) is 0 Å². The summed E-state index contributed by atoms with van der Waals surface area (Å²) in [6.45, 7) is -0.0320. The van der Waals surface area contributed by atoms with Gasteiger partial charge in [0, 0.05) is 30.7 Å². The summed E-state index contributed by atoms with van der Waals surface area (Å²) in [4.78, 5) is 34.4. The maximum atomic E-state index is 12.6. The maximum Gasteiger partial charge on any atom is 0.320 e. The highest BCUT2D eigenvalue weighted by Crippen LogP contribution is 2.37. The Hall–Kier alpha value is -4.45. The van der Waals surface area contributed by atoms with Gasteiger partial charge in [0.05, 0.1) is 0 Å². The predicted molar refractivity (Wildman–Crippen MR) is 116 cm³/mol. The maximum absolute atomic E-state index is 12.6. The van der Waals surface area contributed by atoms with Gasteiger partial charge in [-0.2, -0.15) is 0 Å². The van der Waals surface area contributed by atoms with E-state index >= 15 is 0 Å². The fourth-order valence-electron chi connectivity index (χ4n) is 3.19. The van der Waals surface area contributed by atoms with Crippen LogP contribution in [0.15, 0.2) is 39.5 Å². The van der Waals surface area contributed by atoms with Gasteiger partial charge in [0.15, 0.2) is 17.3 Å². The average Bonchev–Trinajstić information content (AvgIpc) is 2.76. The van der Waals surface area contributed by atoms with E-state index in [-0.39, 0.29) is 54.0 Å². The van der Waals surface area contributed by atoms with E-state index in [2.05, 4.69) is 5.32 Å². The fourth-order valence-corrected chi connectivity index (χ4v) is 3.19. The molecule has 2 aromatic carbocycles. The Labute approximate surface area is 190 Å². The average molecular weight is 475 g/mol. The highest BCUT2D eigenvalue weighted by Gasteiger charge is 2.20. The summed E-state index contributed by atoms with van der Waals surface area (Å²) < 4.78 is 11.0. The third kappa shape index (κ3) is 5.30. The van der Waals surface area contributed by atoms with E-state index in [0.29, 0.717) is 0 Å². The lowest BCUT2D eigenvalue weighted by Crippen LogP contribution is -2.39. The van der Waals surface area contributed by atoms with E-state index in [1.807, 2.05) is 0 Å². The Morgan fingerprint density at radius 1 is 1.00 bits per heavy atom. The number of phenolic OH excluding ortho intramolecular Hbond substituents is 3. The van der Waals surface area contributed by atoms with Crippen molar-refractivity contribution in [3.8, 4) is 40.1 Å². The molecular weight excluding hydrogens is 454 g/mol. The van der Waals surface area contributed by atoms with Gasteiger partial charge in [-0.3, -0.25) is 14.4 Å². The Morgan fingerprint density at radius 2 is 1.74 bits per heavy atom. The Bertz CT molecular complexity index is 1300. The molecule has 12 heteroatoms. The van der Waals surface area contributed by atoms with Crippen LogP contribution in [-0.4, -0.2) is 61.8 Å². The molecular formula is C22H21NO11. The summed E-state index contributed by atoms with van der Waals surface area (Å²) in [5, 5.41) is 59.9. The number of carboxylic acids is 2. The number of aliphatic carboxylic acids is 2. The monoisotopic (exact) mass is 475 g/mol. The lowest BCUT2D eigenvalue weighted by molar-refractivity contribution is -0.140. The molecule has 0 saturated carbocycles. The number of hydrogen-bond acceptors (Lipinski definition) is 10. The minimum absolute atomic E-state index is 0.0347. The first kappa shape index (κ1) is 24.2. The topological polar surface area (TPSA) is 207 Å². The number of ether oxygens (including phenoxy) is 1. The predicted octanol–water partition coefficient (Wildman–Crippen LogP) is 1.57. The highest BCUT2D eigenvalue weighted by atomic mass is 16.5. The van der Waals surface area contributed by atoms with Crippen LogP contribution in [0.25, 0.3) is 22.3 Å². The van der Waals surface area contributed by atoms with Crippen LogP contribution in [0.4, 0.5) is 0 Å². The molecule has 0 saturated heterocycles. The van der Waals surface area contributed by atoms with Crippen molar-refractivity contribution in [2.75, 3.05) is 13.2 Å². The van der Waals surface area contributed by atoms with Crippen LogP contribution in [0.5, 0.6) is 28.7 Å². The minimum Gasteiger partial charge on any atom is -0.507 e. The zero-order valence-corrected chi connectivity index (χ0v) is 17.5. The SMILES string of the molecule is O=C(O)CC[C@H](NCCOc1cc(O)c2c(=O)c(O)c(-c3ccc(O)c(O)c3)oc2c1)C(=O)O. The summed E-state index contributed by atoms with van der Waals surface area (Å²) in [5.41, 5.74) is -0.988. The smallest absolute Gasteiger partial charge is 0.320 e. The van der Waals surface area contributed by atoms with Crippen molar-refractivity contribution < 1.29 is 49.4 Å². The molecule has 12 nitrogen and oxygen atoms in total. The number of carbonyl (C=O) groups is 2. The second-order valence-corrected chi connectivity index (χ2v) is 7.25. The summed E-state index contributed by atoms with van der Waals surface area (Å²) in [5.74, 6) is -4.84. The molecule has 3 aromatic rings. The van der Waals surface area contributed by atoms with Gasteiger partial charge in [0.1, 0.15) is 35.1 Å². The van der Waals surface area contributed by atoms with Crippen LogP contribution in [0.1, 0.15) is 12.8 Å². The first-order valence-corrected chi connectivity index (χ1v) is 9.94. The molecule has 3 rings (SSSR count). The molecule has 0 amide bonds. The Balaban J connectivity index is 1.81. The quantitative estimate of drug-likeness (QED) is 0.165. The van der Waals surface area contributed by atoms with Crippen molar-refractivity contribution in [1.82, 2.24) is 5.32 Å². The minimum atomic E-state index is -1.21. The second-order valence-electron chi connectivity index (χ2n) is 7.25. The summed E-state index contributed by atoms with van der Waals surface area (Å²) in [7, 11) is 0. The Kier molecular flexibility index (Phi) is 7.12. The first-order chi connectivity index (χ1) is 16.1. The molecule has 0 aliphatic rings. The van der Waals surface area contributed by atoms with Gasteiger partial charge in [-0.05, 0) is 24.6 Å². The number of nitrogens with one attached hydrogen (secondary N) is 1. The van der Waals surface area contributed by atoms with Crippen LogP contribution >= 0.6 is 0 Å². The zero-order valence-electron chi connectivity index (χ0n) is 17.5. The van der Waals surface area contributed by atoms with Crippen molar-refractivity contribution in [3.05, 3.63) is 40.6 Å². The van der Waals surface area contributed by atoms with Gasteiger partial charge < -0.3 is 45.1 Å². The molecule has 1 heterocycles. The van der Waals surface area contributed by atoms with Gasteiger partial charge in [0.2, 0.25) is 11.2 Å². The van der Waals surface area contributed by atoms with Crippen molar-refractivity contribution >= 4 is 22.9 Å². The van der Waals surface area contributed by atoms with Crippen molar-refractivity contribution in [1.29, 1.82) is 0 Å². The lowest BCUT2D eigenvalue weighted by Gasteiger charge is -2.14. The van der Waals surface area contributed by atoms with Gasteiger partial charge in [-0.1, -0.05) is 0 Å². The summed E-state index contributed by atoms with van der Waals surface area (Å²) in [6, 6.07) is 4.82. The van der Waals surface area contributed by atoms with E-state index in [4.69, 9.17) is 19.4 Å². The molecule has 0 aliphatic carbocycles. The number of fused-ring (bicyclic) bond motifs is 1. The molecule has 34 heavy (non-hydrogen) atoms. The third-order valence-corrected chi connectivity index (χ3v) is 4.87. The van der Waals surface area contributed by atoms with Crippen molar-refractivity contribution in [2.45, 2.75) is 18.9 Å². The van der Waals surface area contributed by atoms with Crippen LogP contribution in [0.3, 0.4) is 0 Å². The van der Waals surface area contributed by atoms with Crippen molar-refractivity contribution in [3.63, 3.8) is 0 Å². The van der Waals surface area contributed by atoms with E-state index in [0.717, 1.165) is 18.2 Å². The molecule has 0 fully saturated rings. The third-order valence-electron chi connectivity index (χ3n) is 4.87. The number of phenols is 3. The van der Waals surface area contributed by atoms with E-state index in [1.54, 1.807) is 0 Å². The molecule has 1 atom stereocenters. The van der Waals surface area contributed by atoms with Crippen LogP contribution in [0.2, 0.25) is 0 Å². The fraction of sp³-hybridized carbons (Fsp3) is 0.227. The van der Waals surface area contributed by atoms with Crippen LogP contribution < -0.4 is 15.5 Å². The van der Waals surface area contributed by atoms with Crippen LogP contribution in [-0.2, 0) is 9.59 Å². The first-order valence-electron chi connectivity index (χ1n) is 9.94. The summed E-state index contributed by atoms with van der Waals surface area (Å²) in [6.07, 6.45) is -0.442. The molecule has 0 aliphatic heterocycles. The van der Waals surface area contributed by atoms with E-state index in [9.17, 15) is 34.8 Å². The van der Waals surface area contributed by atoms with E-state index in [1.165, 1.54) is 12.1 Å². The number of carboxylic acid groups (broad SMARTS) is 2. The number of rotatable bonds is 10. The van der Waals surface area contributed by atoms with E-state index < -0.39 is 46.4 Å². The highest BCUT2D eigenvalue weighted by molar-refractivity contribution is 5.88. The molecule has 0 radical (unpaired) electrons. The van der Waals surface area contributed by atoms with Gasteiger partial charge in [-0.25, -0.2) is 0 Å². The molecule has 0 unspecified atom stereocenters. The number of aromatic hydroxyl groups is 4. The van der Waals surface area contributed by atoms with Gasteiger partial charge >= 0.3 is 11.9 Å². The molecule has 1 aromatic heterocycles. The summed E-state index contributed by atoms with van der Waals surface area (Å²) >= 11 is 0. The molecule has 0 spiro atoms.